The predicted octanol–water partition coefficient (Wildman–Crippen LogP) is 4.31. The molecule has 2 rings (SSSR count). The molecule has 4 heteroatoms. The highest BCUT2D eigenvalue weighted by Gasteiger charge is 2.16. The van der Waals surface area contributed by atoms with Gasteiger partial charge in [0, 0.05) is 6.20 Å². The van der Waals surface area contributed by atoms with Crippen LogP contribution in [0.5, 0.6) is 0 Å². The molecule has 2 nitrogen and oxygen atoms in total. The summed E-state index contributed by atoms with van der Waals surface area (Å²) in [4.78, 5) is 4.54. The van der Waals surface area contributed by atoms with Gasteiger partial charge in [0.05, 0.1) is 21.8 Å². The molecule has 0 saturated heterocycles. The summed E-state index contributed by atoms with van der Waals surface area (Å²) in [6, 6.07) is 7.80. The SMILES string of the molecule is CNC(c1ccc(Cl)c(Cl)c1)c1ncc(C)cc1C. The highest BCUT2D eigenvalue weighted by Crippen LogP contribution is 2.29. The lowest BCUT2D eigenvalue weighted by atomic mass is 9.99. The van der Waals surface area contributed by atoms with Crippen LogP contribution in [-0.4, -0.2) is 12.0 Å². The maximum atomic E-state index is 6.09. The third kappa shape index (κ3) is 3.08. The van der Waals surface area contributed by atoms with Gasteiger partial charge in [0.25, 0.3) is 0 Å². The zero-order valence-electron chi connectivity index (χ0n) is 11.2. The van der Waals surface area contributed by atoms with Gasteiger partial charge in [-0.3, -0.25) is 4.98 Å². The van der Waals surface area contributed by atoms with Gasteiger partial charge in [0.1, 0.15) is 0 Å². The van der Waals surface area contributed by atoms with E-state index in [1.165, 1.54) is 0 Å². The predicted molar refractivity (Wildman–Crippen MR) is 81.1 cm³/mol. The van der Waals surface area contributed by atoms with Gasteiger partial charge >= 0.3 is 0 Å². The fraction of sp³-hybridized carbons (Fsp3) is 0.267. The summed E-state index contributed by atoms with van der Waals surface area (Å²) in [5, 5.41) is 4.40. The second-order valence-corrected chi connectivity index (χ2v) is 5.42. The van der Waals surface area contributed by atoms with Crippen molar-refractivity contribution in [3.63, 3.8) is 0 Å². The number of aromatic nitrogens is 1. The number of nitrogens with one attached hydrogen (secondary N) is 1. The molecule has 1 aromatic heterocycles. The maximum Gasteiger partial charge on any atom is 0.0752 e. The summed E-state index contributed by atoms with van der Waals surface area (Å²) in [5.41, 5.74) is 4.37. The fourth-order valence-electron chi connectivity index (χ4n) is 2.18. The zero-order valence-corrected chi connectivity index (χ0v) is 12.7. The van der Waals surface area contributed by atoms with Crippen molar-refractivity contribution in [3.8, 4) is 0 Å². The second kappa shape index (κ2) is 5.91. The molecule has 1 heterocycles. The van der Waals surface area contributed by atoms with Crippen molar-refractivity contribution in [3.05, 3.63) is 62.9 Å². The molecule has 0 aliphatic carbocycles. The Labute approximate surface area is 123 Å². The molecule has 1 aromatic carbocycles. The number of hydrogen-bond donors (Lipinski definition) is 1. The number of pyridine rings is 1. The molecule has 100 valence electrons. The zero-order chi connectivity index (χ0) is 14.0. The van der Waals surface area contributed by atoms with E-state index in [1.807, 2.05) is 38.4 Å². The standard InChI is InChI=1S/C15H16Cl2N2/c1-9-6-10(2)14(19-8-9)15(18-3)11-4-5-12(16)13(17)7-11/h4-8,15,18H,1-3H3. The van der Waals surface area contributed by atoms with Gasteiger partial charge in [-0.15, -0.1) is 0 Å². The third-order valence-electron chi connectivity index (χ3n) is 3.09. The summed E-state index contributed by atoms with van der Waals surface area (Å²) in [6.07, 6.45) is 1.88. The minimum Gasteiger partial charge on any atom is -0.308 e. The Bertz CT molecular complexity index is 597. The largest absolute Gasteiger partial charge is 0.308 e. The van der Waals surface area contributed by atoms with Crippen molar-refractivity contribution >= 4 is 23.2 Å². The van der Waals surface area contributed by atoms with E-state index < -0.39 is 0 Å². The first-order chi connectivity index (χ1) is 9.02. The van der Waals surface area contributed by atoms with Gasteiger partial charge in [0.15, 0.2) is 0 Å². The molecule has 0 spiro atoms. The molecule has 0 saturated carbocycles. The molecule has 0 aliphatic heterocycles. The number of nitrogens with zero attached hydrogens (tertiary/aromatic N) is 1. The van der Waals surface area contributed by atoms with Crippen LogP contribution < -0.4 is 5.32 Å². The maximum absolute atomic E-state index is 6.09. The van der Waals surface area contributed by atoms with Gasteiger partial charge in [-0.2, -0.15) is 0 Å². The van der Waals surface area contributed by atoms with E-state index in [0.29, 0.717) is 10.0 Å². The van der Waals surface area contributed by atoms with Crippen LogP contribution in [0.15, 0.2) is 30.5 Å². The van der Waals surface area contributed by atoms with Crippen molar-refractivity contribution < 1.29 is 0 Å². The monoisotopic (exact) mass is 294 g/mol. The molecule has 0 bridgehead atoms. The normalized spacial score (nSPS) is 12.5. The Balaban J connectivity index is 2.46. The van der Waals surface area contributed by atoms with E-state index in [1.54, 1.807) is 0 Å². The lowest BCUT2D eigenvalue weighted by molar-refractivity contribution is 0.665. The highest BCUT2D eigenvalue weighted by molar-refractivity contribution is 6.42. The van der Waals surface area contributed by atoms with Crippen LogP contribution in [0.4, 0.5) is 0 Å². The van der Waals surface area contributed by atoms with Crippen molar-refractivity contribution in [2.45, 2.75) is 19.9 Å². The molecular formula is C15H16Cl2N2. The van der Waals surface area contributed by atoms with Gasteiger partial charge in [-0.1, -0.05) is 35.3 Å². The third-order valence-corrected chi connectivity index (χ3v) is 3.83. The van der Waals surface area contributed by atoms with E-state index in [4.69, 9.17) is 23.2 Å². The van der Waals surface area contributed by atoms with Crippen LogP contribution in [0.3, 0.4) is 0 Å². The van der Waals surface area contributed by atoms with E-state index in [0.717, 1.165) is 22.4 Å². The van der Waals surface area contributed by atoms with E-state index >= 15 is 0 Å². The Kier molecular flexibility index (Phi) is 4.46. The molecule has 0 fully saturated rings. The van der Waals surface area contributed by atoms with Crippen LogP contribution in [0.1, 0.15) is 28.4 Å². The van der Waals surface area contributed by atoms with Crippen LogP contribution in [0.25, 0.3) is 0 Å². The Morgan fingerprint density at radius 2 is 1.84 bits per heavy atom. The average molecular weight is 295 g/mol. The molecule has 1 atom stereocenters. The van der Waals surface area contributed by atoms with Gasteiger partial charge < -0.3 is 5.32 Å². The van der Waals surface area contributed by atoms with E-state index in [9.17, 15) is 0 Å². The van der Waals surface area contributed by atoms with Crippen LogP contribution >= 0.6 is 23.2 Å². The van der Waals surface area contributed by atoms with Crippen molar-refractivity contribution in [2.75, 3.05) is 7.05 Å². The number of benzene rings is 1. The second-order valence-electron chi connectivity index (χ2n) is 4.61. The number of halogens is 2. The van der Waals surface area contributed by atoms with E-state index in [-0.39, 0.29) is 6.04 Å². The lowest BCUT2D eigenvalue weighted by Crippen LogP contribution is -2.20. The molecule has 1 unspecified atom stereocenters. The smallest absolute Gasteiger partial charge is 0.0752 e. The van der Waals surface area contributed by atoms with Crippen LogP contribution in [0, 0.1) is 13.8 Å². The van der Waals surface area contributed by atoms with Crippen molar-refractivity contribution in [1.29, 1.82) is 0 Å². The first kappa shape index (κ1) is 14.3. The molecular weight excluding hydrogens is 279 g/mol. The van der Waals surface area contributed by atoms with Crippen LogP contribution in [-0.2, 0) is 0 Å². The fourth-order valence-corrected chi connectivity index (χ4v) is 2.49. The molecule has 0 radical (unpaired) electrons. The summed E-state index contributed by atoms with van der Waals surface area (Å²) in [5.74, 6) is 0. The van der Waals surface area contributed by atoms with Crippen molar-refractivity contribution in [2.24, 2.45) is 0 Å². The number of hydrogen-bond acceptors (Lipinski definition) is 2. The first-order valence-corrected chi connectivity index (χ1v) is 6.84. The topological polar surface area (TPSA) is 24.9 Å². The minimum atomic E-state index is 0.00960. The highest BCUT2D eigenvalue weighted by atomic mass is 35.5. The number of aryl methyl sites for hydroxylation is 2. The number of rotatable bonds is 3. The Hall–Kier alpha value is -1.09. The molecule has 0 amide bonds. The van der Waals surface area contributed by atoms with E-state index in [2.05, 4.69) is 23.3 Å². The molecule has 0 aliphatic rings. The quantitative estimate of drug-likeness (QED) is 0.912. The first-order valence-electron chi connectivity index (χ1n) is 6.08. The summed E-state index contributed by atoms with van der Waals surface area (Å²) in [6.45, 7) is 4.11. The summed E-state index contributed by atoms with van der Waals surface area (Å²) >= 11 is 12.0. The van der Waals surface area contributed by atoms with Gasteiger partial charge in [-0.25, -0.2) is 0 Å². The summed E-state index contributed by atoms with van der Waals surface area (Å²) < 4.78 is 0. The molecule has 19 heavy (non-hydrogen) atoms. The summed E-state index contributed by atoms with van der Waals surface area (Å²) in [7, 11) is 1.91. The van der Waals surface area contributed by atoms with Crippen LogP contribution in [0.2, 0.25) is 10.0 Å². The molecule has 2 aromatic rings. The Morgan fingerprint density at radius 3 is 2.42 bits per heavy atom. The lowest BCUT2D eigenvalue weighted by Gasteiger charge is -2.19. The van der Waals surface area contributed by atoms with Gasteiger partial charge in [0.2, 0.25) is 0 Å². The Morgan fingerprint density at radius 1 is 1.11 bits per heavy atom. The minimum absolute atomic E-state index is 0.00960. The van der Waals surface area contributed by atoms with Gasteiger partial charge in [-0.05, 0) is 49.7 Å². The van der Waals surface area contributed by atoms with Crippen molar-refractivity contribution in [1.82, 2.24) is 10.3 Å². The average Bonchev–Trinajstić information content (AvgIpc) is 2.37. The molecule has 1 N–H and O–H groups in total.